The molecule has 0 bridgehead atoms. The smallest absolute Gasteiger partial charge is 0.290 e. The molecule has 1 aliphatic carbocycles. The van der Waals surface area contributed by atoms with Crippen LogP contribution in [0, 0.1) is 11.8 Å². The average Bonchev–Trinajstić information content (AvgIpc) is 3.24. The predicted octanol–water partition coefficient (Wildman–Crippen LogP) is 0.698. The third-order valence-corrected chi connectivity index (χ3v) is 7.79. The van der Waals surface area contributed by atoms with Crippen molar-refractivity contribution < 1.29 is 19.8 Å². The molecule has 184 valence electrons. The van der Waals surface area contributed by atoms with E-state index in [1.165, 1.54) is 6.07 Å². The van der Waals surface area contributed by atoms with E-state index in [-0.39, 0.29) is 30.1 Å². The van der Waals surface area contributed by atoms with E-state index < -0.39 is 0 Å². The third kappa shape index (κ3) is 4.73. The highest BCUT2D eigenvalue weighted by Crippen LogP contribution is 2.39. The fraction of sp³-hybridized carbons (Fsp3) is 0.560. The summed E-state index contributed by atoms with van der Waals surface area (Å²) in [6.45, 7) is 5.20. The van der Waals surface area contributed by atoms with E-state index in [2.05, 4.69) is 16.8 Å². The van der Waals surface area contributed by atoms with Crippen molar-refractivity contribution in [2.75, 3.05) is 46.3 Å². The zero-order valence-electron chi connectivity index (χ0n) is 19.8. The number of aliphatic hydroxyl groups is 1. The maximum Gasteiger partial charge on any atom is 0.290 e. The fourth-order valence-electron chi connectivity index (χ4n) is 5.88. The number of piperazine rings is 1. The maximum atomic E-state index is 13.5. The van der Waals surface area contributed by atoms with Crippen LogP contribution in [0.3, 0.4) is 0 Å². The predicted molar refractivity (Wildman–Crippen MR) is 129 cm³/mol. The van der Waals surface area contributed by atoms with Gasteiger partial charge >= 0.3 is 0 Å². The van der Waals surface area contributed by atoms with Gasteiger partial charge in [0.2, 0.25) is 0 Å². The lowest BCUT2D eigenvalue weighted by molar-refractivity contribution is -0.122. The number of carbonyl (C=O) groups excluding carboxylic acids is 1. The number of hydrogen-bond donors (Lipinski definition) is 2. The van der Waals surface area contributed by atoms with Crippen molar-refractivity contribution in [2.45, 2.75) is 25.0 Å². The van der Waals surface area contributed by atoms with Crippen LogP contribution >= 0.6 is 0 Å². The van der Waals surface area contributed by atoms with E-state index in [0.29, 0.717) is 30.5 Å². The minimum atomic E-state index is -0.329. The van der Waals surface area contributed by atoms with Gasteiger partial charge < -0.3 is 24.6 Å². The standard InChI is InChI=1S/C24H32N4O3.CH2O2/c1-25-7-9-27(10-8-25)21-11-16-14-28(15-17(16)12-22(21)29)24(31)19-13-23(30)26(2)20-6-4-3-5-18(19)20;2-1-3/h3-6,13,16-17,21-22,29H,7-12,14-15H2,1-2H3;1H,(H,2,3)/t16-,17+,21-,22-;/m1./s1. The molecule has 2 aliphatic heterocycles. The Hall–Kier alpha value is -2.75. The number of aryl methyl sites for hydroxylation is 1. The van der Waals surface area contributed by atoms with Gasteiger partial charge in [0, 0.05) is 63.8 Å². The molecule has 9 nitrogen and oxygen atoms in total. The van der Waals surface area contributed by atoms with Crippen molar-refractivity contribution in [1.29, 1.82) is 0 Å². The Kier molecular flexibility index (Phi) is 7.35. The second-order valence-electron chi connectivity index (χ2n) is 9.75. The van der Waals surface area contributed by atoms with Crippen molar-refractivity contribution in [1.82, 2.24) is 19.3 Å². The molecule has 3 aliphatic rings. The summed E-state index contributed by atoms with van der Waals surface area (Å²) in [7, 11) is 3.88. The molecule has 1 amide bonds. The highest BCUT2D eigenvalue weighted by Gasteiger charge is 2.45. The normalized spacial score (nSPS) is 27.7. The number of rotatable bonds is 2. The first-order valence-corrected chi connectivity index (χ1v) is 11.9. The number of likely N-dealkylation sites (N-methyl/N-ethyl adjacent to an activating group) is 1. The van der Waals surface area contributed by atoms with Gasteiger partial charge in [-0.25, -0.2) is 0 Å². The molecule has 9 heteroatoms. The number of nitrogens with zero attached hydrogens (tertiary/aromatic N) is 4. The van der Waals surface area contributed by atoms with Gasteiger partial charge in [0.25, 0.3) is 17.9 Å². The molecule has 4 atom stereocenters. The Bertz CT molecular complexity index is 1090. The van der Waals surface area contributed by atoms with Gasteiger partial charge in [0.05, 0.1) is 17.2 Å². The quantitative estimate of drug-likeness (QED) is 0.623. The summed E-state index contributed by atoms with van der Waals surface area (Å²) >= 11 is 0. The number of fused-ring (bicyclic) bond motifs is 2. The number of aromatic nitrogens is 1. The fourth-order valence-corrected chi connectivity index (χ4v) is 5.88. The van der Waals surface area contributed by atoms with Crippen molar-refractivity contribution in [3.63, 3.8) is 0 Å². The first-order valence-electron chi connectivity index (χ1n) is 11.9. The van der Waals surface area contributed by atoms with Crippen LogP contribution in [0.2, 0.25) is 0 Å². The van der Waals surface area contributed by atoms with E-state index in [0.717, 1.165) is 49.9 Å². The molecule has 5 rings (SSSR count). The summed E-state index contributed by atoms with van der Waals surface area (Å²) in [5.74, 6) is 0.684. The van der Waals surface area contributed by atoms with E-state index in [1.807, 2.05) is 29.2 Å². The number of pyridine rings is 1. The zero-order chi connectivity index (χ0) is 24.4. The molecule has 0 radical (unpaired) electrons. The second kappa shape index (κ2) is 10.2. The van der Waals surface area contributed by atoms with Crippen LogP contribution in [0.15, 0.2) is 35.1 Å². The van der Waals surface area contributed by atoms with E-state index in [9.17, 15) is 14.7 Å². The summed E-state index contributed by atoms with van der Waals surface area (Å²) in [5, 5.41) is 18.6. The van der Waals surface area contributed by atoms with Crippen LogP contribution < -0.4 is 5.56 Å². The topological polar surface area (TPSA) is 106 Å². The Morgan fingerprint density at radius 3 is 2.32 bits per heavy atom. The molecule has 0 spiro atoms. The number of carboxylic acid groups (broad SMARTS) is 1. The van der Waals surface area contributed by atoms with Gasteiger partial charge in [-0.05, 0) is 37.8 Å². The third-order valence-electron chi connectivity index (χ3n) is 7.79. The highest BCUT2D eigenvalue weighted by atomic mass is 16.3. The molecule has 1 saturated carbocycles. The first kappa shape index (κ1) is 24.4. The number of benzene rings is 1. The van der Waals surface area contributed by atoms with Gasteiger partial charge in [0.1, 0.15) is 0 Å². The molecular formula is C25H34N4O5. The molecule has 0 unspecified atom stereocenters. The summed E-state index contributed by atoms with van der Waals surface area (Å²) in [5.41, 5.74) is 1.11. The summed E-state index contributed by atoms with van der Waals surface area (Å²) in [6, 6.07) is 9.26. The number of likely N-dealkylation sites (tertiary alicyclic amines) is 1. The molecule has 34 heavy (non-hydrogen) atoms. The van der Waals surface area contributed by atoms with Crippen LogP contribution in [0.4, 0.5) is 0 Å². The van der Waals surface area contributed by atoms with Crippen LogP contribution in [-0.2, 0) is 11.8 Å². The second-order valence-corrected chi connectivity index (χ2v) is 9.75. The van der Waals surface area contributed by atoms with Gasteiger partial charge in [0.15, 0.2) is 0 Å². The van der Waals surface area contributed by atoms with Crippen LogP contribution in [0.25, 0.3) is 10.9 Å². The molecule has 2 saturated heterocycles. The molecule has 2 aromatic rings. The van der Waals surface area contributed by atoms with Crippen molar-refractivity contribution in [2.24, 2.45) is 18.9 Å². The first-order chi connectivity index (χ1) is 16.3. The highest BCUT2D eigenvalue weighted by molar-refractivity contribution is 6.06. The Labute approximate surface area is 199 Å². The molecule has 3 fully saturated rings. The molecule has 1 aromatic heterocycles. The average molecular weight is 471 g/mol. The number of carbonyl (C=O) groups is 2. The lowest BCUT2D eigenvalue weighted by Gasteiger charge is -2.44. The van der Waals surface area contributed by atoms with Crippen molar-refractivity contribution in [3.05, 3.63) is 46.2 Å². The molecular weight excluding hydrogens is 436 g/mol. The Morgan fingerprint density at radius 2 is 1.65 bits per heavy atom. The minimum absolute atomic E-state index is 0.0612. The largest absolute Gasteiger partial charge is 0.483 e. The van der Waals surface area contributed by atoms with Gasteiger partial charge in [-0.15, -0.1) is 0 Å². The monoisotopic (exact) mass is 470 g/mol. The molecule has 3 heterocycles. The van der Waals surface area contributed by atoms with Crippen molar-refractivity contribution >= 4 is 23.3 Å². The van der Waals surface area contributed by atoms with E-state index >= 15 is 0 Å². The Morgan fingerprint density at radius 1 is 1.03 bits per heavy atom. The van der Waals surface area contributed by atoms with Crippen LogP contribution in [0.5, 0.6) is 0 Å². The van der Waals surface area contributed by atoms with Crippen molar-refractivity contribution in [3.8, 4) is 0 Å². The zero-order valence-corrected chi connectivity index (χ0v) is 19.8. The van der Waals surface area contributed by atoms with E-state index in [1.54, 1.807) is 11.6 Å². The van der Waals surface area contributed by atoms with Crippen LogP contribution in [0.1, 0.15) is 23.2 Å². The number of aliphatic hydroxyl groups excluding tert-OH is 1. The summed E-state index contributed by atoms with van der Waals surface area (Å²) < 4.78 is 1.59. The molecule has 1 aromatic carbocycles. The number of para-hydroxylation sites is 1. The van der Waals surface area contributed by atoms with Gasteiger partial charge in [-0.1, -0.05) is 18.2 Å². The number of hydrogen-bond acceptors (Lipinski definition) is 6. The van der Waals surface area contributed by atoms with E-state index in [4.69, 9.17) is 9.90 Å². The Balaban J connectivity index is 0.000000868. The maximum absolute atomic E-state index is 13.5. The molecule has 2 N–H and O–H groups in total. The lowest BCUT2D eigenvalue weighted by Crippen LogP contribution is -2.55. The van der Waals surface area contributed by atoms with Gasteiger partial charge in [-0.3, -0.25) is 19.3 Å². The number of amides is 1. The minimum Gasteiger partial charge on any atom is -0.483 e. The van der Waals surface area contributed by atoms with Gasteiger partial charge in [-0.2, -0.15) is 0 Å². The SMILES string of the molecule is CN1CCN([C@@H]2C[C@@H]3CN(C(=O)c4cc(=O)n(C)c5ccccc45)C[C@@H]3C[C@H]2O)CC1.O=CO. The summed E-state index contributed by atoms with van der Waals surface area (Å²) in [4.78, 5) is 41.0. The summed E-state index contributed by atoms with van der Waals surface area (Å²) in [6.07, 6.45) is 1.36. The van der Waals surface area contributed by atoms with Crippen LogP contribution in [-0.4, -0.2) is 100 Å². The lowest BCUT2D eigenvalue weighted by atomic mass is 9.77.